The lowest BCUT2D eigenvalue weighted by Crippen LogP contribution is -2.38. The van der Waals surface area contributed by atoms with Gasteiger partial charge in [0.25, 0.3) is 11.8 Å². The van der Waals surface area contributed by atoms with Gasteiger partial charge in [-0.25, -0.2) is 3.97 Å². The van der Waals surface area contributed by atoms with E-state index in [1.54, 1.807) is 41.3 Å². The fourth-order valence-corrected chi connectivity index (χ4v) is 4.55. The van der Waals surface area contributed by atoms with Gasteiger partial charge in [-0.15, -0.1) is 0 Å². The zero-order valence-electron chi connectivity index (χ0n) is 20.1. The second-order valence-corrected chi connectivity index (χ2v) is 10.1. The number of likely N-dealkylation sites (N-methyl/N-ethyl adjacent to an activating group) is 1. The Kier molecular flexibility index (Phi) is 7.58. The Bertz CT molecular complexity index is 1330. The van der Waals surface area contributed by atoms with E-state index in [2.05, 4.69) is 5.32 Å². The number of para-hydroxylation sites is 1. The zero-order valence-corrected chi connectivity index (χ0v) is 20.9. The molecular weight excluding hydrogens is 452 g/mol. The lowest BCUT2D eigenvalue weighted by atomic mass is 10.1. The Labute approximate surface area is 200 Å². The Morgan fingerprint density at radius 2 is 1.62 bits per heavy atom. The van der Waals surface area contributed by atoms with Gasteiger partial charge in [0.2, 0.25) is 0 Å². The van der Waals surface area contributed by atoms with E-state index in [-0.39, 0.29) is 11.6 Å². The first kappa shape index (κ1) is 25.2. The fourth-order valence-electron chi connectivity index (χ4n) is 3.54. The minimum Gasteiger partial charge on any atom is -0.338 e. The number of nitrogens with zero attached hydrogens (tertiary/aromatic N) is 3. The van der Waals surface area contributed by atoms with Crippen molar-refractivity contribution < 1.29 is 18.0 Å². The van der Waals surface area contributed by atoms with E-state index in [1.165, 1.54) is 30.3 Å². The Balaban J connectivity index is 2.15. The molecule has 0 aliphatic rings. The summed E-state index contributed by atoms with van der Waals surface area (Å²) in [6.07, 6.45) is 3.00. The van der Waals surface area contributed by atoms with Gasteiger partial charge < -0.3 is 10.2 Å². The smallest absolute Gasteiger partial charge is 0.307 e. The van der Waals surface area contributed by atoms with E-state index in [1.807, 2.05) is 32.9 Å². The molecule has 180 valence electrons. The molecule has 0 unspecified atom stereocenters. The fraction of sp³-hybridized carbons (Fsp3) is 0.280. The van der Waals surface area contributed by atoms with Crippen LogP contribution in [0.15, 0.2) is 60.4 Å². The first-order valence-electron chi connectivity index (χ1n) is 11.0. The van der Waals surface area contributed by atoms with E-state index in [4.69, 9.17) is 0 Å². The molecule has 2 amide bonds. The summed E-state index contributed by atoms with van der Waals surface area (Å²) in [7, 11) is -0.886. The molecule has 3 aromatic rings. The lowest BCUT2D eigenvalue weighted by molar-refractivity contribution is -0.127. The molecule has 1 heterocycles. The average molecular weight is 483 g/mol. The topological polar surface area (TPSA) is 91.7 Å². The third-order valence-electron chi connectivity index (χ3n) is 5.56. The highest BCUT2D eigenvalue weighted by molar-refractivity contribution is 7.87. The summed E-state index contributed by atoms with van der Waals surface area (Å²) in [5, 5.41) is 3.39. The van der Waals surface area contributed by atoms with Crippen molar-refractivity contribution >= 4 is 39.0 Å². The molecule has 34 heavy (non-hydrogen) atoms. The standard InChI is InChI=1S/C25H30N4O4S/c1-6-28(7-2)25(31)22(26-24(30)19-14-12-18(3)13-15-19)16-20-17-29(34(32,33)27(4)5)23-11-9-8-10-21(20)23/h8-17H,6-7H2,1-5H3,(H,26,30). The predicted molar refractivity (Wildman–Crippen MR) is 134 cm³/mol. The number of benzene rings is 2. The summed E-state index contributed by atoms with van der Waals surface area (Å²) in [5.74, 6) is -0.769. The van der Waals surface area contributed by atoms with Gasteiger partial charge in [0, 0.05) is 49.9 Å². The lowest BCUT2D eigenvalue weighted by Gasteiger charge is -2.21. The molecule has 1 aromatic heterocycles. The molecule has 9 heteroatoms. The molecule has 0 aliphatic carbocycles. The van der Waals surface area contributed by atoms with Crippen molar-refractivity contribution in [2.75, 3.05) is 27.2 Å². The highest BCUT2D eigenvalue weighted by Crippen LogP contribution is 2.26. The summed E-state index contributed by atoms with van der Waals surface area (Å²) >= 11 is 0. The van der Waals surface area contributed by atoms with Crippen molar-refractivity contribution in [1.29, 1.82) is 0 Å². The van der Waals surface area contributed by atoms with Crippen LogP contribution >= 0.6 is 0 Å². The first-order chi connectivity index (χ1) is 16.1. The summed E-state index contributed by atoms with van der Waals surface area (Å²) in [4.78, 5) is 27.8. The van der Waals surface area contributed by atoms with E-state index >= 15 is 0 Å². The van der Waals surface area contributed by atoms with Crippen molar-refractivity contribution in [3.8, 4) is 0 Å². The number of fused-ring (bicyclic) bond motifs is 1. The number of carbonyl (C=O) groups excluding carboxylic acids is 2. The van der Waals surface area contributed by atoms with Crippen molar-refractivity contribution in [1.82, 2.24) is 18.5 Å². The van der Waals surface area contributed by atoms with E-state index < -0.39 is 16.1 Å². The van der Waals surface area contributed by atoms with Gasteiger partial charge in [-0.1, -0.05) is 35.9 Å². The molecule has 0 aliphatic heterocycles. The second kappa shape index (κ2) is 10.2. The third-order valence-corrected chi connectivity index (χ3v) is 7.28. The maximum Gasteiger partial charge on any atom is 0.307 e. The second-order valence-electron chi connectivity index (χ2n) is 8.04. The van der Waals surface area contributed by atoms with Crippen LogP contribution in [0.1, 0.15) is 35.3 Å². The number of aromatic nitrogens is 1. The van der Waals surface area contributed by atoms with Crippen LogP contribution in [0.25, 0.3) is 17.0 Å². The highest BCUT2D eigenvalue weighted by Gasteiger charge is 2.23. The quantitative estimate of drug-likeness (QED) is 0.499. The van der Waals surface area contributed by atoms with E-state index in [0.29, 0.717) is 35.1 Å². The van der Waals surface area contributed by atoms with Crippen LogP contribution in [0, 0.1) is 6.92 Å². The van der Waals surface area contributed by atoms with Crippen LogP contribution in [0.4, 0.5) is 0 Å². The number of amides is 2. The van der Waals surface area contributed by atoms with Crippen LogP contribution in [0.3, 0.4) is 0 Å². The summed E-state index contributed by atoms with van der Waals surface area (Å²) in [6, 6.07) is 14.1. The molecular formula is C25H30N4O4S. The molecule has 0 radical (unpaired) electrons. The number of hydrogen-bond acceptors (Lipinski definition) is 4. The van der Waals surface area contributed by atoms with Crippen molar-refractivity contribution in [2.45, 2.75) is 20.8 Å². The maximum absolute atomic E-state index is 13.3. The predicted octanol–water partition coefficient (Wildman–Crippen LogP) is 3.24. The zero-order chi connectivity index (χ0) is 25.0. The molecule has 0 atom stereocenters. The molecule has 0 saturated heterocycles. The largest absolute Gasteiger partial charge is 0.338 e. The van der Waals surface area contributed by atoms with Gasteiger partial charge in [0.15, 0.2) is 0 Å². The van der Waals surface area contributed by atoms with Crippen LogP contribution in [-0.2, 0) is 15.0 Å². The van der Waals surface area contributed by atoms with Crippen molar-refractivity contribution in [2.24, 2.45) is 0 Å². The average Bonchev–Trinajstić information content (AvgIpc) is 3.19. The van der Waals surface area contributed by atoms with Crippen molar-refractivity contribution in [3.63, 3.8) is 0 Å². The number of nitrogens with one attached hydrogen (secondary N) is 1. The highest BCUT2D eigenvalue weighted by atomic mass is 32.2. The Hall–Kier alpha value is -3.43. The van der Waals surface area contributed by atoms with Crippen molar-refractivity contribution in [3.05, 3.63) is 77.1 Å². The van der Waals surface area contributed by atoms with Gasteiger partial charge >= 0.3 is 10.2 Å². The molecule has 0 spiro atoms. The summed E-state index contributed by atoms with van der Waals surface area (Å²) in [5.41, 5.74) is 2.48. The molecule has 1 N–H and O–H groups in total. The van der Waals surface area contributed by atoms with Gasteiger partial charge in [-0.2, -0.15) is 12.7 Å². The van der Waals surface area contributed by atoms with Crippen LogP contribution in [0.2, 0.25) is 0 Å². The number of carbonyl (C=O) groups is 2. The van der Waals surface area contributed by atoms with Crippen LogP contribution in [0.5, 0.6) is 0 Å². The van der Waals surface area contributed by atoms with Gasteiger partial charge in [-0.3, -0.25) is 9.59 Å². The van der Waals surface area contributed by atoms with Gasteiger partial charge in [0.1, 0.15) is 5.70 Å². The molecule has 3 rings (SSSR count). The van der Waals surface area contributed by atoms with Crippen LogP contribution < -0.4 is 5.32 Å². The Morgan fingerprint density at radius 1 is 1.00 bits per heavy atom. The van der Waals surface area contributed by atoms with E-state index in [9.17, 15) is 18.0 Å². The van der Waals surface area contributed by atoms with Gasteiger partial charge in [-0.05, 0) is 45.0 Å². The minimum absolute atomic E-state index is 0.0689. The van der Waals surface area contributed by atoms with Gasteiger partial charge in [0.05, 0.1) is 5.52 Å². The minimum atomic E-state index is -3.80. The molecule has 0 fully saturated rings. The molecule has 2 aromatic carbocycles. The Morgan fingerprint density at radius 3 is 2.21 bits per heavy atom. The molecule has 8 nitrogen and oxygen atoms in total. The van der Waals surface area contributed by atoms with E-state index in [0.717, 1.165) is 9.87 Å². The number of hydrogen-bond donors (Lipinski definition) is 1. The number of rotatable bonds is 8. The molecule has 0 saturated carbocycles. The summed E-state index contributed by atoms with van der Waals surface area (Å²) in [6.45, 7) is 6.56. The molecule has 0 bridgehead atoms. The number of aryl methyl sites for hydroxylation is 1. The van der Waals surface area contributed by atoms with Crippen LogP contribution in [-0.4, -0.2) is 60.6 Å². The monoisotopic (exact) mass is 482 g/mol. The normalized spacial score (nSPS) is 12.2. The summed E-state index contributed by atoms with van der Waals surface area (Å²) < 4.78 is 28.1. The third kappa shape index (κ3) is 5.05. The SMILES string of the molecule is CCN(CC)C(=O)C(=Cc1cn(S(=O)(=O)N(C)C)c2ccccc12)NC(=O)c1ccc(C)cc1. The maximum atomic E-state index is 13.3. The first-order valence-corrected chi connectivity index (χ1v) is 12.4.